The van der Waals surface area contributed by atoms with Crippen LogP contribution in [0.2, 0.25) is 0 Å². The second-order valence-corrected chi connectivity index (χ2v) is 5.55. The quantitative estimate of drug-likeness (QED) is 0.863. The summed E-state index contributed by atoms with van der Waals surface area (Å²) < 4.78 is 9.66. The van der Waals surface area contributed by atoms with E-state index in [-0.39, 0.29) is 12.0 Å². The summed E-state index contributed by atoms with van der Waals surface area (Å²) in [5.74, 6) is 0.00389. The monoisotopic (exact) mass is 304 g/mol. The van der Waals surface area contributed by atoms with Crippen molar-refractivity contribution in [3.8, 4) is 0 Å². The summed E-state index contributed by atoms with van der Waals surface area (Å²) in [5.41, 5.74) is 1.82. The van der Waals surface area contributed by atoms with Gasteiger partial charge in [-0.2, -0.15) is 0 Å². The molecule has 110 valence electrons. The number of rotatable bonds is 3. The molecule has 6 nitrogen and oxygen atoms in total. The molecule has 0 bridgehead atoms. The summed E-state index contributed by atoms with van der Waals surface area (Å²) in [7, 11) is 0. The highest BCUT2D eigenvalue weighted by Crippen LogP contribution is 2.24. The lowest BCUT2D eigenvalue weighted by Crippen LogP contribution is -2.42. The Balaban J connectivity index is 1.76. The molecule has 21 heavy (non-hydrogen) atoms. The number of carbonyl (C=O) groups excluding carboxylic acids is 1. The van der Waals surface area contributed by atoms with Gasteiger partial charge in [-0.05, 0) is 35.6 Å². The van der Waals surface area contributed by atoms with Crippen LogP contribution in [0.3, 0.4) is 0 Å². The van der Waals surface area contributed by atoms with Crippen LogP contribution >= 0.6 is 11.5 Å². The third-order valence-electron chi connectivity index (χ3n) is 3.52. The Hall–Kier alpha value is -1.86. The molecule has 1 amide bonds. The van der Waals surface area contributed by atoms with Crippen LogP contribution in [0.25, 0.3) is 0 Å². The van der Waals surface area contributed by atoms with Gasteiger partial charge in [-0.3, -0.25) is 9.78 Å². The first-order valence-electron chi connectivity index (χ1n) is 6.91. The SMILES string of the molecule is CCc1nnsc1C(=O)N1CCO[C@H](c2ccncc2)C1. The zero-order valence-corrected chi connectivity index (χ0v) is 12.5. The van der Waals surface area contributed by atoms with Crippen LogP contribution < -0.4 is 0 Å². The summed E-state index contributed by atoms with van der Waals surface area (Å²) in [4.78, 5) is 19.1. The van der Waals surface area contributed by atoms with Gasteiger partial charge in [-0.25, -0.2) is 0 Å². The van der Waals surface area contributed by atoms with E-state index < -0.39 is 0 Å². The molecule has 3 rings (SSSR count). The maximum absolute atomic E-state index is 12.6. The fourth-order valence-corrected chi connectivity index (χ4v) is 3.08. The van der Waals surface area contributed by atoms with Crippen LogP contribution in [-0.4, -0.2) is 45.1 Å². The number of aromatic nitrogens is 3. The van der Waals surface area contributed by atoms with Crippen LogP contribution in [0.1, 0.15) is 34.0 Å². The van der Waals surface area contributed by atoms with Crippen molar-refractivity contribution in [1.29, 1.82) is 0 Å². The van der Waals surface area contributed by atoms with E-state index in [1.807, 2.05) is 24.0 Å². The average molecular weight is 304 g/mol. The summed E-state index contributed by atoms with van der Waals surface area (Å²) in [6.45, 7) is 3.66. The molecular weight excluding hydrogens is 288 g/mol. The van der Waals surface area contributed by atoms with Crippen LogP contribution in [0.4, 0.5) is 0 Å². The lowest BCUT2D eigenvalue weighted by atomic mass is 10.1. The highest BCUT2D eigenvalue weighted by Gasteiger charge is 2.28. The number of pyridine rings is 1. The second kappa shape index (κ2) is 6.28. The van der Waals surface area contributed by atoms with E-state index in [4.69, 9.17) is 4.74 Å². The number of ether oxygens (including phenoxy) is 1. The maximum Gasteiger partial charge on any atom is 0.267 e. The van der Waals surface area contributed by atoms with E-state index in [1.54, 1.807) is 12.4 Å². The second-order valence-electron chi connectivity index (χ2n) is 4.79. The zero-order chi connectivity index (χ0) is 14.7. The van der Waals surface area contributed by atoms with Gasteiger partial charge in [-0.15, -0.1) is 5.10 Å². The van der Waals surface area contributed by atoms with E-state index in [1.165, 1.54) is 11.5 Å². The highest BCUT2D eigenvalue weighted by atomic mass is 32.1. The minimum Gasteiger partial charge on any atom is -0.370 e. The van der Waals surface area contributed by atoms with Crippen LogP contribution in [-0.2, 0) is 11.2 Å². The predicted molar refractivity (Wildman–Crippen MR) is 78.1 cm³/mol. The number of hydrogen-bond acceptors (Lipinski definition) is 6. The molecule has 2 aromatic rings. The molecule has 1 aliphatic rings. The van der Waals surface area contributed by atoms with Crippen LogP contribution in [0.15, 0.2) is 24.5 Å². The molecule has 1 fully saturated rings. The number of amides is 1. The number of aryl methyl sites for hydroxylation is 1. The standard InChI is InChI=1S/C14H16N4O2S/c1-2-11-13(21-17-16-11)14(19)18-7-8-20-12(9-18)10-3-5-15-6-4-10/h3-6,12H,2,7-9H2,1H3/t12-/m0/s1. The van der Waals surface area contributed by atoms with E-state index in [0.29, 0.717) is 24.6 Å². The first-order chi connectivity index (χ1) is 10.3. The highest BCUT2D eigenvalue weighted by molar-refractivity contribution is 7.08. The van der Waals surface area contributed by atoms with Gasteiger partial charge in [0.1, 0.15) is 11.0 Å². The Morgan fingerprint density at radius 1 is 1.48 bits per heavy atom. The molecule has 0 aromatic carbocycles. The van der Waals surface area contributed by atoms with Gasteiger partial charge in [0, 0.05) is 18.9 Å². The van der Waals surface area contributed by atoms with Gasteiger partial charge in [-0.1, -0.05) is 11.4 Å². The molecule has 1 aliphatic heterocycles. The third kappa shape index (κ3) is 2.93. The van der Waals surface area contributed by atoms with Crippen molar-refractivity contribution in [1.82, 2.24) is 19.5 Å². The molecule has 2 aromatic heterocycles. The van der Waals surface area contributed by atoms with Crippen LogP contribution in [0.5, 0.6) is 0 Å². The molecule has 0 aliphatic carbocycles. The summed E-state index contributed by atoms with van der Waals surface area (Å²) in [6, 6.07) is 3.84. The maximum atomic E-state index is 12.6. The number of carbonyl (C=O) groups is 1. The fourth-order valence-electron chi connectivity index (χ4n) is 2.36. The molecule has 0 N–H and O–H groups in total. The Morgan fingerprint density at radius 2 is 2.29 bits per heavy atom. The average Bonchev–Trinajstić information content (AvgIpc) is 3.04. The molecule has 0 unspecified atom stereocenters. The van der Waals surface area contributed by atoms with Crippen molar-refractivity contribution < 1.29 is 9.53 Å². The lowest BCUT2D eigenvalue weighted by Gasteiger charge is -2.32. The van der Waals surface area contributed by atoms with Crippen molar-refractivity contribution in [3.63, 3.8) is 0 Å². The molecule has 0 saturated carbocycles. The summed E-state index contributed by atoms with van der Waals surface area (Å²) in [5, 5.41) is 4.01. The Kier molecular flexibility index (Phi) is 4.21. The number of morpholine rings is 1. The molecule has 0 spiro atoms. The smallest absolute Gasteiger partial charge is 0.267 e. The molecule has 1 saturated heterocycles. The normalized spacial score (nSPS) is 18.7. The molecule has 1 atom stereocenters. The van der Waals surface area contributed by atoms with Gasteiger partial charge < -0.3 is 9.64 Å². The van der Waals surface area contributed by atoms with Gasteiger partial charge in [0.05, 0.1) is 18.8 Å². The van der Waals surface area contributed by atoms with Crippen molar-refractivity contribution >= 4 is 17.4 Å². The van der Waals surface area contributed by atoms with Gasteiger partial charge in [0.25, 0.3) is 5.91 Å². The van der Waals surface area contributed by atoms with Crippen molar-refractivity contribution in [2.24, 2.45) is 0 Å². The number of hydrogen-bond donors (Lipinski definition) is 0. The van der Waals surface area contributed by atoms with Crippen LogP contribution in [0, 0.1) is 0 Å². The minimum absolute atomic E-state index is 0.00389. The van der Waals surface area contributed by atoms with E-state index >= 15 is 0 Å². The van der Waals surface area contributed by atoms with Crippen molar-refractivity contribution in [2.75, 3.05) is 19.7 Å². The Labute approximate surface area is 126 Å². The van der Waals surface area contributed by atoms with Gasteiger partial charge >= 0.3 is 0 Å². The summed E-state index contributed by atoms with van der Waals surface area (Å²) in [6.07, 6.45) is 4.09. The third-order valence-corrected chi connectivity index (χ3v) is 4.27. The van der Waals surface area contributed by atoms with Gasteiger partial charge in [0.2, 0.25) is 0 Å². The predicted octanol–water partition coefficient (Wildman–Crippen LogP) is 1.71. The van der Waals surface area contributed by atoms with Crippen molar-refractivity contribution in [3.05, 3.63) is 40.7 Å². The van der Waals surface area contributed by atoms with Gasteiger partial charge in [0.15, 0.2) is 0 Å². The Morgan fingerprint density at radius 3 is 3.05 bits per heavy atom. The largest absolute Gasteiger partial charge is 0.370 e. The minimum atomic E-state index is -0.100. The molecule has 0 radical (unpaired) electrons. The number of nitrogens with zero attached hydrogens (tertiary/aromatic N) is 4. The van der Waals surface area contributed by atoms with E-state index in [0.717, 1.165) is 17.7 Å². The summed E-state index contributed by atoms with van der Waals surface area (Å²) >= 11 is 1.17. The molecule has 3 heterocycles. The first kappa shape index (κ1) is 14.1. The molecule has 7 heteroatoms. The fraction of sp³-hybridized carbons (Fsp3) is 0.429. The van der Waals surface area contributed by atoms with Crippen molar-refractivity contribution in [2.45, 2.75) is 19.4 Å². The van der Waals surface area contributed by atoms with E-state index in [9.17, 15) is 4.79 Å². The first-order valence-corrected chi connectivity index (χ1v) is 7.69. The topological polar surface area (TPSA) is 68.2 Å². The Bertz CT molecular complexity index is 616. The molecular formula is C14H16N4O2S. The van der Waals surface area contributed by atoms with E-state index in [2.05, 4.69) is 14.6 Å². The zero-order valence-electron chi connectivity index (χ0n) is 11.7. The lowest BCUT2D eigenvalue weighted by molar-refractivity contribution is -0.0227.